The summed E-state index contributed by atoms with van der Waals surface area (Å²) in [5, 5.41) is 9.83. The van der Waals surface area contributed by atoms with E-state index in [9.17, 15) is 9.90 Å². The number of para-hydroxylation sites is 1. The van der Waals surface area contributed by atoms with Crippen LogP contribution in [0, 0.1) is 0 Å². The van der Waals surface area contributed by atoms with Crippen molar-refractivity contribution in [3.05, 3.63) is 64.2 Å². The first-order valence-corrected chi connectivity index (χ1v) is 7.94. The normalized spacial score (nSPS) is 13.0. The van der Waals surface area contributed by atoms with Gasteiger partial charge >= 0.3 is 0 Å². The minimum absolute atomic E-state index is 0.134. The molecule has 1 N–H and O–H groups in total. The van der Waals surface area contributed by atoms with Crippen LogP contribution in [-0.2, 0) is 6.54 Å². The summed E-state index contributed by atoms with van der Waals surface area (Å²) in [6, 6.07) is 12.8. The summed E-state index contributed by atoms with van der Waals surface area (Å²) in [4.78, 5) is 17.2. The standard InChI is InChI=1S/C19H16N2O4/c22-10-9-21-18(20-15-4-2-1-3-14(15)19(21)23)8-6-13-5-7-16-17(11-13)25-12-24-16/h1-8,11,22H,9-10,12H2. The van der Waals surface area contributed by atoms with Crippen LogP contribution >= 0.6 is 0 Å². The number of rotatable bonds is 4. The molecular weight excluding hydrogens is 320 g/mol. The molecule has 0 unspecified atom stereocenters. The van der Waals surface area contributed by atoms with E-state index in [2.05, 4.69) is 4.98 Å². The number of aliphatic hydroxyl groups is 1. The van der Waals surface area contributed by atoms with Gasteiger partial charge in [0.1, 0.15) is 5.82 Å². The lowest BCUT2D eigenvalue weighted by molar-refractivity contribution is 0.174. The Kier molecular flexibility index (Phi) is 3.95. The van der Waals surface area contributed by atoms with Crippen molar-refractivity contribution in [3.63, 3.8) is 0 Å². The molecule has 0 fully saturated rings. The topological polar surface area (TPSA) is 73.6 Å². The number of aromatic nitrogens is 2. The number of nitrogens with zero attached hydrogens (tertiary/aromatic N) is 2. The SMILES string of the molecule is O=c1c2ccccc2nc(C=Cc2ccc3c(c2)OCO3)n1CCO. The molecule has 0 atom stereocenters. The fraction of sp³-hybridized carbons (Fsp3) is 0.158. The van der Waals surface area contributed by atoms with E-state index in [-0.39, 0.29) is 25.5 Å². The van der Waals surface area contributed by atoms with E-state index >= 15 is 0 Å². The van der Waals surface area contributed by atoms with Gasteiger partial charge in [-0.2, -0.15) is 0 Å². The Morgan fingerprint density at radius 2 is 1.96 bits per heavy atom. The molecule has 126 valence electrons. The summed E-state index contributed by atoms with van der Waals surface area (Å²) in [5.74, 6) is 1.91. The molecule has 0 bridgehead atoms. The molecule has 0 saturated heterocycles. The van der Waals surface area contributed by atoms with E-state index in [4.69, 9.17) is 9.47 Å². The van der Waals surface area contributed by atoms with Crippen LogP contribution in [0.3, 0.4) is 0 Å². The number of ether oxygens (including phenoxy) is 2. The molecule has 6 nitrogen and oxygen atoms in total. The number of fused-ring (bicyclic) bond motifs is 2. The molecule has 0 aliphatic carbocycles. The second kappa shape index (κ2) is 6.41. The van der Waals surface area contributed by atoms with Gasteiger partial charge in [-0.3, -0.25) is 9.36 Å². The minimum Gasteiger partial charge on any atom is -0.454 e. The predicted molar refractivity (Wildman–Crippen MR) is 94.6 cm³/mol. The minimum atomic E-state index is -0.162. The molecule has 3 aromatic rings. The van der Waals surface area contributed by atoms with E-state index in [0.717, 1.165) is 11.3 Å². The van der Waals surface area contributed by atoms with Crippen LogP contribution in [0.15, 0.2) is 47.3 Å². The molecule has 0 radical (unpaired) electrons. The van der Waals surface area contributed by atoms with Gasteiger partial charge in [0.2, 0.25) is 6.79 Å². The highest BCUT2D eigenvalue weighted by Gasteiger charge is 2.12. The van der Waals surface area contributed by atoms with Gasteiger partial charge in [-0.05, 0) is 35.9 Å². The van der Waals surface area contributed by atoms with Gasteiger partial charge in [-0.15, -0.1) is 0 Å². The lowest BCUT2D eigenvalue weighted by atomic mass is 10.2. The second-order valence-electron chi connectivity index (χ2n) is 5.61. The maximum absolute atomic E-state index is 12.6. The maximum Gasteiger partial charge on any atom is 0.261 e. The lowest BCUT2D eigenvalue weighted by Gasteiger charge is -2.09. The zero-order chi connectivity index (χ0) is 17.2. The van der Waals surface area contributed by atoms with Crippen LogP contribution in [0.5, 0.6) is 11.5 Å². The monoisotopic (exact) mass is 336 g/mol. The highest BCUT2D eigenvalue weighted by atomic mass is 16.7. The Hall–Kier alpha value is -3.12. The predicted octanol–water partition coefficient (Wildman–Crippen LogP) is 2.29. The summed E-state index contributed by atoms with van der Waals surface area (Å²) in [6.45, 7) is 0.285. The Bertz CT molecular complexity index is 1020. The molecule has 4 rings (SSSR count). The highest BCUT2D eigenvalue weighted by Crippen LogP contribution is 2.32. The summed E-state index contributed by atoms with van der Waals surface area (Å²) in [5.41, 5.74) is 1.37. The van der Waals surface area contributed by atoms with Crippen LogP contribution in [0.2, 0.25) is 0 Å². The van der Waals surface area contributed by atoms with Crippen molar-refractivity contribution in [2.45, 2.75) is 6.54 Å². The van der Waals surface area contributed by atoms with Crippen molar-refractivity contribution in [2.24, 2.45) is 0 Å². The lowest BCUT2D eigenvalue weighted by Crippen LogP contribution is -2.25. The van der Waals surface area contributed by atoms with E-state index < -0.39 is 0 Å². The van der Waals surface area contributed by atoms with Gasteiger partial charge in [0.15, 0.2) is 11.5 Å². The third-order valence-electron chi connectivity index (χ3n) is 4.04. The molecule has 1 aliphatic heterocycles. The fourth-order valence-electron chi connectivity index (χ4n) is 2.82. The van der Waals surface area contributed by atoms with Crippen molar-refractivity contribution in [3.8, 4) is 11.5 Å². The summed E-state index contributed by atoms with van der Waals surface area (Å²) >= 11 is 0. The Morgan fingerprint density at radius 3 is 2.84 bits per heavy atom. The molecule has 1 aliphatic rings. The van der Waals surface area contributed by atoms with Gasteiger partial charge in [0, 0.05) is 0 Å². The quantitative estimate of drug-likeness (QED) is 0.791. The first-order chi connectivity index (χ1) is 12.3. The molecule has 2 heterocycles. The zero-order valence-electron chi connectivity index (χ0n) is 13.4. The Labute approximate surface area is 143 Å². The van der Waals surface area contributed by atoms with Crippen LogP contribution in [0.1, 0.15) is 11.4 Å². The highest BCUT2D eigenvalue weighted by molar-refractivity contribution is 5.79. The van der Waals surface area contributed by atoms with Gasteiger partial charge in [-0.25, -0.2) is 4.98 Å². The zero-order valence-corrected chi connectivity index (χ0v) is 13.4. The first kappa shape index (κ1) is 15.4. The molecular formula is C19H16N2O4. The van der Waals surface area contributed by atoms with Crippen LogP contribution in [0.4, 0.5) is 0 Å². The molecule has 0 spiro atoms. The van der Waals surface area contributed by atoms with Gasteiger partial charge in [0.25, 0.3) is 5.56 Å². The third-order valence-corrected chi connectivity index (χ3v) is 4.04. The molecule has 0 amide bonds. The third kappa shape index (κ3) is 2.88. The molecule has 0 saturated carbocycles. The van der Waals surface area contributed by atoms with Crippen molar-refractivity contribution in [1.29, 1.82) is 0 Å². The summed E-state index contributed by atoms with van der Waals surface area (Å²) < 4.78 is 12.1. The van der Waals surface area contributed by atoms with Crippen molar-refractivity contribution in [2.75, 3.05) is 13.4 Å². The second-order valence-corrected chi connectivity index (χ2v) is 5.61. The van der Waals surface area contributed by atoms with Gasteiger partial charge in [0.05, 0.1) is 24.1 Å². The van der Waals surface area contributed by atoms with Gasteiger partial charge < -0.3 is 14.6 Å². The summed E-state index contributed by atoms with van der Waals surface area (Å²) in [7, 11) is 0. The van der Waals surface area contributed by atoms with Crippen LogP contribution in [-0.4, -0.2) is 28.1 Å². The summed E-state index contributed by atoms with van der Waals surface area (Å²) in [6.07, 6.45) is 3.62. The molecule has 1 aromatic heterocycles. The number of hydrogen-bond acceptors (Lipinski definition) is 5. The Morgan fingerprint density at radius 1 is 1.12 bits per heavy atom. The number of benzene rings is 2. The smallest absolute Gasteiger partial charge is 0.261 e. The number of hydrogen-bond donors (Lipinski definition) is 1. The van der Waals surface area contributed by atoms with Crippen molar-refractivity contribution >= 4 is 23.1 Å². The van der Waals surface area contributed by atoms with E-state index in [1.165, 1.54) is 4.57 Å². The Balaban J connectivity index is 1.77. The number of aliphatic hydroxyl groups excluding tert-OH is 1. The van der Waals surface area contributed by atoms with Crippen LogP contribution < -0.4 is 15.0 Å². The first-order valence-electron chi connectivity index (χ1n) is 7.94. The van der Waals surface area contributed by atoms with Gasteiger partial charge in [-0.1, -0.05) is 24.3 Å². The largest absolute Gasteiger partial charge is 0.454 e. The fourth-order valence-corrected chi connectivity index (χ4v) is 2.82. The maximum atomic E-state index is 12.6. The van der Waals surface area contributed by atoms with E-state index in [1.54, 1.807) is 24.3 Å². The van der Waals surface area contributed by atoms with E-state index in [0.29, 0.717) is 22.5 Å². The average molecular weight is 336 g/mol. The molecule has 6 heteroatoms. The van der Waals surface area contributed by atoms with Crippen LogP contribution in [0.25, 0.3) is 23.1 Å². The van der Waals surface area contributed by atoms with Crippen molar-refractivity contribution < 1.29 is 14.6 Å². The van der Waals surface area contributed by atoms with E-state index in [1.807, 2.05) is 30.3 Å². The molecule has 25 heavy (non-hydrogen) atoms. The molecule has 2 aromatic carbocycles. The van der Waals surface area contributed by atoms with Crippen molar-refractivity contribution in [1.82, 2.24) is 9.55 Å². The average Bonchev–Trinajstić information content (AvgIpc) is 3.10.